The van der Waals surface area contributed by atoms with E-state index in [-0.39, 0.29) is 26.5 Å². The Kier molecular flexibility index (Phi) is 7.02. The molecule has 0 spiro atoms. The van der Waals surface area contributed by atoms with Crippen molar-refractivity contribution in [3.8, 4) is 22.8 Å². The standard InChI is InChI=1S/C40H32N4.Pt/c1-25-16-18-35-30(20-25)32-24-33-31-21-26(2)17-19-36(31)44(39(33)42-38(32)43(35)29-14-10-7-11-15-29)37-23-28(40(3,4)5)22-34(41-37)27-12-8-6-9-13-27;/h6-12,14,16-24H,1-5H3;/q-2;+2. The molecule has 0 saturated heterocycles. The van der Waals surface area contributed by atoms with Crippen LogP contribution in [0.5, 0.6) is 0 Å². The average molecular weight is 764 g/mol. The smallest absolute Gasteiger partial charge is 0.318 e. The molecule has 0 unspecified atom stereocenters. The third-order valence-electron chi connectivity index (χ3n) is 8.60. The molecule has 0 N–H and O–H groups in total. The third kappa shape index (κ3) is 4.80. The van der Waals surface area contributed by atoms with Crippen molar-refractivity contribution in [3.63, 3.8) is 0 Å². The second-order valence-corrected chi connectivity index (χ2v) is 12.8. The summed E-state index contributed by atoms with van der Waals surface area (Å²) < 4.78 is 4.48. The first-order valence-corrected chi connectivity index (χ1v) is 15.1. The van der Waals surface area contributed by atoms with E-state index in [1.165, 1.54) is 27.5 Å². The van der Waals surface area contributed by atoms with Gasteiger partial charge in [-0.25, -0.2) is 4.98 Å². The molecule has 8 rings (SSSR count). The van der Waals surface area contributed by atoms with Crippen LogP contribution in [0.2, 0.25) is 0 Å². The van der Waals surface area contributed by atoms with Crippen LogP contribution in [0.25, 0.3) is 66.6 Å². The summed E-state index contributed by atoms with van der Waals surface area (Å²) >= 11 is 0. The largest absolute Gasteiger partial charge is 2.00 e. The topological polar surface area (TPSA) is 35.6 Å². The maximum Gasteiger partial charge on any atom is 2.00 e. The Balaban J connectivity index is 0.00000325. The first kappa shape index (κ1) is 29.2. The number of fused-ring (bicyclic) bond motifs is 6. The van der Waals surface area contributed by atoms with Crippen LogP contribution < -0.4 is 0 Å². The van der Waals surface area contributed by atoms with Crippen LogP contribution in [0.4, 0.5) is 0 Å². The first-order chi connectivity index (χ1) is 21.3. The van der Waals surface area contributed by atoms with E-state index in [2.05, 4.69) is 129 Å². The molecule has 0 amide bonds. The van der Waals surface area contributed by atoms with Gasteiger partial charge in [0.25, 0.3) is 0 Å². The van der Waals surface area contributed by atoms with Gasteiger partial charge in [-0.05, 0) is 66.9 Å². The van der Waals surface area contributed by atoms with E-state index in [0.29, 0.717) is 0 Å². The maximum absolute atomic E-state index is 5.52. The average Bonchev–Trinajstić information content (AvgIpc) is 3.51. The molecular formula is C40H32N4Pt. The molecule has 4 aromatic carbocycles. The van der Waals surface area contributed by atoms with Crippen LogP contribution in [-0.4, -0.2) is 19.1 Å². The Hall–Kier alpha value is -4.53. The van der Waals surface area contributed by atoms with Crippen LogP contribution >= 0.6 is 0 Å². The van der Waals surface area contributed by atoms with Crippen LogP contribution in [0, 0.1) is 26.0 Å². The van der Waals surface area contributed by atoms with Crippen molar-refractivity contribution in [3.05, 3.63) is 132 Å². The fourth-order valence-corrected chi connectivity index (χ4v) is 6.33. The summed E-state index contributed by atoms with van der Waals surface area (Å²) in [6, 6.07) is 43.1. The summed E-state index contributed by atoms with van der Waals surface area (Å²) in [4.78, 5) is 10.8. The van der Waals surface area contributed by atoms with Gasteiger partial charge in [0.15, 0.2) is 0 Å². The summed E-state index contributed by atoms with van der Waals surface area (Å²) in [5.74, 6) is 0.852. The van der Waals surface area contributed by atoms with Crippen LogP contribution in [0.1, 0.15) is 37.5 Å². The van der Waals surface area contributed by atoms with E-state index < -0.39 is 0 Å². The van der Waals surface area contributed by atoms with Crippen molar-refractivity contribution in [2.24, 2.45) is 0 Å². The molecule has 0 fully saturated rings. The Morgan fingerprint density at radius 2 is 1.22 bits per heavy atom. The number of nitrogens with zero attached hydrogens (tertiary/aromatic N) is 4. The van der Waals surface area contributed by atoms with E-state index >= 15 is 0 Å². The van der Waals surface area contributed by atoms with Gasteiger partial charge in [0.1, 0.15) is 17.1 Å². The molecule has 0 radical (unpaired) electrons. The van der Waals surface area contributed by atoms with E-state index in [0.717, 1.165) is 55.9 Å². The summed E-state index contributed by atoms with van der Waals surface area (Å²) in [5.41, 5.74) is 10.4. The number of hydrogen-bond donors (Lipinski definition) is 0. The molecule has 0 aliphatic heterocycles. The summed E-state index contributed by atoms with van der Waals surface area (Å²) in [7, 11) is 0. The number of hydrogen-bond acceptors (Lipinski definition) is 2. The Bertz CT molecular complexity index is 2380. The molecule has 4 heterocycles. The molecular weight excluding hydrogens is 732 g/mol. The van der Waals surface area contributed by atoms with Crippen LogP contribution in [-0.2, 0) is 26.5 Å². The van der Waals surface area contributed by atoms with Crippen molar-refractivity contribution in [2.75, 3.05) is 0 Å². The minimum Gasteiger partial charge on any atom is -0.318 e. The van der Waals surface area contributed by atoms with Gasteiger partial charge >= 0.3 is 21.1 Å². The number of para-hydroxylation sites is 1. The van der Waals surface area contributed by atoms with Crippen molar-refractivity contribution >= 4 is 43.9 Å². The second kappa shape index (κ2) is 10.8. The summed E-state index contributed by atoms with van der Waals surface area (Å²) in [6.07, 6.45) is 0. The normalized spacial score (nSPS) is 11.9. The summed E-state index contributed by atoms with van der Waals surface area (Å²) in [6.45, 7) is 11.0. The quantitative estimate of drug-likeness (QED) is 0.168. The summed E-state index contributed by atoms with van der Waals surface area (Å²) in [5, 5.41) is 4.61. The van der Waals surface area contributed by atoms with E-state index in [1.54, 1.807) is 0 Å². The van der Waals surface area contributed by atoms with Gasteiger partial charge in [-0.15, -0.1) is 42.0 Å². The van der Waals surface area contributed by atoms with E-state index in [9.17, 15) is 0 Å². The zero-order chi connectivity index (χ0) is 30.2. The van der Waals surface area contributed by atoms with Crippen molar-refractivity contribution < 1.29 is 21.1 Å². The number of pyridine rings is 2. The predicted molar refractivity (Wildman–Crippen MR) is 182 cm³/mol. The molecule has 0 bridgehead atoms. The predicted octanol–water partition coefficient (Wildman–Crippen LogP) is 9.85. The maximum atomic E-state index is 5.52. The van der Waals surface area contributed by atoms with Gasteiger partial charge in [-0.1, -0.05) is 55.8 Å². The molecule has 222 valence electrons. The zero-order valence-electron chi connectivity index (χ0n) is 25.9. The Morgan fingerprint density at radius 1 is 0.600 bits per heavy atom. The van der Waals surface area contributed by atoms with Gasteiger partial charge in [-0.3, -0.25) is 9.55 Å². The van der Waals surface area contributed by atoms with Crippen molar-refractivity contribution in [1.82, 2.24) is 19.1 Å². The second-order valence-electron chi connectivity index (χ2n) is 12.8. The van der Waals surface area contributed by atoms with Crippen LogP contribution in [0.15, 0.2) is 103 Å². The van der Waals surface area contributed by atoms with Crippen molar-refractivity contribution in [1.29, 1.82) is 0 Å². The third-order valence-corrected chi connectivity index (χ3v) is 8.60. The van der Waals surface area contributed by atoms with Gasteiger partial charge in [0.05, 0.1) is 11.0 Å². The molecule has 4 nitrogen and oxygen atoms in total. The van der Waals surface area contributed by atoms with Gasteiger partial charge in [0.2, 0.25) is 0 Å². The molecule has 4 aromatic heterocycles. The monoisotopic (exact) mass is 763 g/mol. The number of benzene rings is 4. The first-order valence-electron chi connectivity index (χ1n) is 15.1. The Labute approximate surface area is 277 Å². The number of aryl methyl sites for hydroxylation is 2. The van der Waals surface area contributed by atoms with Crippen molar-refractivity contribution in [2.45, 2.75) is 40.0 Å². The fraction of sp³-hybridized carbons (Fsp3) is 0.150. The SMILES string of the molecule is Cc1ccc2c(c1)c1cc3c4cc(C)ccc4n(-c4cc(C(C)(C)C)cc(-c5[c-]cccc5)n4)c3nc1n2-c1[c-]cccc1.[Pt+2]. The Morgan fingerprint density at radius 3 is 1.82 bits per heavy atom. The number of rotatable bonds is 3. The minimum absolute atomic E-state index is 0. The molecule has 5 heteroatoms. The van der Waals surface area contributed by atoms with E-state index in [1.807, 2.05) is 30.3 Å². The molecule has 0 aliphatic rings. The molecule has 8 aromatic rings. The van der Waals surface area contributed by atoms with Gasteiger partial charge in [0, 0.05) is 21.5 Å². The van der Waals surface area contributed by atoms with E-state index in [4.69, 9.17) is 9.97 Å². The zero-order valence-corrected chi connectivity index (χ0v) is 28.2. The van der Waals surface area contributed by atoms with Gasteiger partial charge in [-0.2, -0.15) is 24.3 Å². The molecule has 0 aliphatic carbocycles. The minimum atomic E-state index is -0.0787. The molecule has 0 atom stereocenters. The molecule has 45 heavy (non-hydrogen) atoms. The fourth-order valence-electron chi connectivity index (χ4n) is 6.33. The number of aromatic nitrogens is 4. The van der Waals surface area contributed by atoms with Gasteiger partial charge < -0.3 is 4.57 Å². The van der Waals surface area contributed by atoms with Crippen LogP contribution in [0.3, 0.4) is 0 Å². The molecule has 0 saturated carbocycles.